The van der Waals surface area contributed by atoms with E-state index in [1.165, 1.54) is 19.2 Å². The molecule has 1 aromatic rings. The van der Waals surface area contributed by atoms with Crippen molar-refractivity contribution in [1.82, 2.24) is 4.72 Å². The molecule has 0 saturated carbocycles. The fourth-order valence-corrected chi connectivity index (χ4v) is 1.62. The zero-order chi connectivity index (χ0) is 10.1. The Kier molecular flexibility index (Phi) is 2.58. The molecule has 2 N–H and O–H groups in total. The fourth-order valence-electron chi connectivity index (χ4n) is 0.874. The molecule has 0 unspecified atom stereocenters. The number of aromatic hydroxyl groups is 1. The van der Waals surface area contributed by atoms with Crippen molar-refractivity contribution in [2.75, 3.05) is 7.05 Å². The van der Waals surface area contributed by atoms with Crippen LogP contribution in [-0.2, 0) is 10.0 Å². The Hall–Kier alpha value is -1.07. The van der Waals surface area contributed by atoms with E-state index in [1.54, 1.807) is 13.0 Å². The standard InChI is InChI=1S/C8H11NO3S/c1-6-3-4-7(5-8(6)10)13(11,12)9-2/h3-5,9-10H,1-2H3. The molecule has 0 aliphatic rings. The SMILES string of the molecule is CNS(=O)(=O)c1ccc(C)c(O)c1. The molecule has 1 rings (SSSR count). The third-order valence-corrected chi connectivity index (χ3v) is 3.17. The Morgan fingerprint density at radius 3 is 2.46 bits per heavy atom. The van der Waals surface area contributed by atoms with E-state index in [0.717, 1.165) is 0 Å². The Labute approximate surface area is 77.3 Å². The molecule has 0 saturated heterocycles. The van der Waals surface area contributed by atoms with Crippen molar-refractivity contribution in [2.24, 2.45) is 0 Å². The average molecular weight is 201 g/mol. The normalized spacial score (nSPS) is 11.5. The molecule has 0 aliphatic heterocycles. The number of benzene rings is 1. The van der Waals surface area contributed by atoms with Gasteiger partial charge >= 0.3 is 0 Å². The number of rotatable bonds is 2. The highest BCUT2D eigenvalue weighted by Crippen LogP contribution is 2.20. The minimum Gasteiger partial charge on any atom is -0.508 e. The maximum Gasteiger partial charge on any atom is 0.240 e. The maximum absolute atomic E-state index is 11.2. The van der Waals surface area contributed by atoms with Gasteiger partial charge in [0.15, 0.2) is 0 Å². The highest BCUT2D eigenvalue weighted by molar-refractivity contribution is 7.89. The second kappa shape index (κ2) is 3.35. The molecule has 4 nitrogen and oxygen atoms in total. The maximum atomic E-state index is 11.2. The third-order valence-electron chi connectivity index (χ3n) is 1.76. The second-order valence-electron chi connectivity index (χ2n) is 2.66. The van der Waals surface area contributed by atoms with Crippen molar-refractivity contribution in [1.29, 1.82) is 0 Å². The smallest absolute Gasteiger partial charge is 0.240 e. The predicted molar refractivity (Wildman–Crippen MR) is 49.1 cm³/mol. The molecule has 0 spiro atoms. The molecule has 0 atom stereocenters. The van der Waals surface area contributed by atoms with Crippen LogP contribution in [0.25, 0.3) is 0 Å². The van der Waals surface area contributed by atoms with Crippen LogP contribution in [0.1, 0.15) is 5.56 Å². The van der Waals surface area contributed by atoms with Crippen molar-refractivity contribution < 1.29 is 13.5 Å². The zero-order valence-corrected chi connectivity index (χ0v) is 8.22. The zero-order valence-electron chi connectivity index (χ0n) is 7.40. The summed E-state index contributed by atoms with van der Waals surface area (Å²) in [7, 11) is -2.12. The molecule has 0 heterocycles. The van der Waals surface area contributed by atoms with Crippen LogP contribution in [0.15, 0.2) is 23.1 Å². The van der Waals surface area contributed by atoms with E-state index in [0.29, 0.717) is 5.56 Å². The summed E-state index contributed by atoms with van der Waals surface area (Å²) in [4.78, 5) is 0.0677. The summed E-state index contributed by atoms with van der Waals surface area (Å²) in [6, 6.07) is 4.22. The summed E-state index contributed by atoms with van der Waals surface area (Å²) in [5.74, 6) is -0.0173. The van der Waals surface area contributed by atoms with E-state index in [-0.39, 0.29) is 10.6 Å². The summed E-state index contributed by atoms with van der Waals surface area (Å²) in [6.45, 7) is 1.70. The summed E-state index contributed by atoms with van der Waals surface area (Å²) in [5.41, 5.74) is 0.648. The van der Waals surface area contributed by atoms with Gasteiger partial charge in [0.2, 0.25) is 10.0 Å². The highest BCUT2D eigenvalue weighted by Gasteiger charge is 2.11. The van der Waals surface area contributed by atoms with Crippen molar-refractivity contribution in [2.45, 2.75) is 11.8 Å². The summed E-state index contributed by atoms with van der Waals surface area (Å²) < 4.78 is 24.6. The van der Waals surface area contributed by atoms with Gasteiger partial charge in [0.05, 0.1) is 4.90 Å². The first kappa shape index (κ1) is 10.0. The molecule has 1 aromatic carbocycles. The minimum absolute atomic E-state index is 0.0173. The molecule has 0 fully saturated rings. The van der Waals surface area contributed by atoms with E-state index in [1.807, 2.05) is 0 Å². The quantitative estimate of drug-likeness (QED) is 0.736. The first-order valence-corrected chi connectivity index (χ1v) is 5.19. The number of phenolic OH excluding ortho intramolecular Hbond substituents is 1. The van der Waals surface area contributed by atoms with Gasteiger partial charge in [0.1, 0.15) is 5.75 Å². The van der Waals surface area contributed by atoms with Crippen molar-refractivity contribution in [3.63, 3.8) is 0 Å². The largest absolute Gasteiger partial charge is 0.508 e. The van der Waals surface area contributed by atoms with E-state index < -0.39 is 10.0 Å². The van der Waals surface area contributed by atoms with Gasteiger partial charge in [-0.3, -0.25) is 0 Å². The van der Waals surface area contributed by atoms with Gasteiger partial charge in [-0.1, -0.05) is 6.07 Å². The molecule has 13 heavy (non-hydrogen) atoms. The first-order valence-electron chi connectivity index (χ1n) is 3.70. The third kappa shape index (κ3) is 1.99. The van der Waals surface area contributed by atoms with E-state index in [9.17, 15) is 13.5 Å². The van der Waals surface area contributed by atoms with Gasteiger partial charge in [-0.15, -0.1) is 0 Å². The number of sulfonamides is 1. The van der Waals surface area contributed by atoms with Crippen molar-refractivity contribution in [3.8, 4) is 5.75 Å². The van der Waals surface area contributed by atoms with Crippen molar-refractivity contribution in [3.05, 3.63) is 23.8 Å². The van der Waals surface area contributed by atoms with E-state index >= 15 is 0 Å². The van der Waals surface area contributed by atoms with E-state index in [4.69, 9.17) is 0 Å². The molecule has 0 radical (unpaired) electrons. The molecule has 0 bridgehead atoms. The molecule has 0 aromatic heterocycles. The summed E-state index contributed by atoms with van der Waals surface area (Å²) >= 11 is 0. The van der Waals surface area contributed by atoms with Crippen LogP contribution >= 0.6 is 0 Å². The lowest BCUT2D eigenvalue weighted by molar-refractivity contribution is 0.469. The molecule has 72 valence electrons. The number of phenols is 1. The molecular formula is C8H11NO3S. The van der Waals surface area contributed by atoms with Gasteiger partial charge in [-0.25, -0.2) is 13.1 Å². The monoisotopic (exact) mass is 201 g/mol. The topological polar surface area (TPSA) is 66.4 Å². The lowest BCUT2D eigenvalue weighted by Gasteiger charge is -2.03. The Morgan fingerprint density at radius 1 is 1.38 bits per heavy atom. The second-order valence-corrected chi connectivity index (χ2v) is 4.54. The fraction of sp³-hybridized carbons (Fsp3) is 0.250. The van der Waals surface area contributed by atoms with Crippen LogP contribution in [0.2, 0.25) is 0 Å². The van der Waals surface area contributed by atoms with Gasteiger partial charge < -0.3 is 5.11 Å². The van der Waals surface area contributed by atoms with Gasteiger partial charge in [0.25, 0.3) is 0 Å². The van der Waals surface area contributed by atoms with Crippen LogP contribution in [0.4, 0.5) is 0 Å². The average Bonchev–Trinajstić information content (AvgIpc) is 2.09. The molecule has 5 heteroatoms. The highest BCUT2D eigenvalue weighted by atomic mass is 32.2. The molecule has 0 amide bonds. The molecule has 0 aliphatic carbocycles. The molecular weight excluding hydrogens is 190 g/mol. The van der Waals surface area contributed by atoms with Gasteiger partial charge in [-0.2, -0.15) is 0 Å². The number of hydrogen-bond acceptors (Lipinski definition) is 3. The lowest BCUT2D eigenvalue weighted by Crippen LogP contribution is -2.18. The number of nitrogens with one attached hydrogen (secondary N) is 1. The first-order chi connectivity index (χ1) is 5.97. The Morgan fingerprint density at radius 2 is 2.00 bits per heavy atom. The summed E-state index contributed by atoms with van der Waals surface area (Å²) in [6.07, 6.45) is 0. The van der Waals surface area contributed by atoms with Crippen LogP contribution in [-0.4, -0.2) is 20.6 Å². The summed E-state index contributed by atoms with van der Waals surface area (Å²) in [5, 5.41) is 9.27. The number of aryl methyl sites for hydroxylation is 1. The van der Waals surface area contributed by atoms with E-state index in [2.05, 4.69) is 4.72 Å². The lowest BCUT2D eigenvalue weighted by atomic mass is 10.2. The van der Waals surface area contributed by atoms with Crippen LogP contribution < -0.4 is 4.72 Å². The minimum atomic E-state index is -3.45. The van der Waals surface area contributed by atoms with Crippen molar-refractivity contribution >= 4 is 10.0 Å². The van der Waals surface area contributed by atoms with Gasteiger partial charge in [-0.05, 0) is 25.6 Å². The Balaban J connectivity index is 3.27. The van der Waals surface area contributed by atoms with Crippen LogP contribution in [0, 0.1) is 6.92 Å². The van der Waals surface area contributed by atoms with Crippen LogP contribution in [0.5, 0.6) is 5.75 Å². The Bertz CT molecular complexity index is 411. The van der Waals surface area contributed by atoms with Crippen LogP contribution in [0.3, 0.4) is 0 Å². The number of hydrogen-bond donors (Lipinski definition) is 2. The predicted octanol–water partition coefficient (Wildman–Crippen LogP) is 0.609. The van der Waals surface area contributed by atoms with Gasteiger partial charge in [0, 0.05) is 6.07 Å².